The Morgan fingerprint density at radius 2 is 1.36 bits per heavy atom. The van der Waals surface area contributed by atoms with Gasteiger partial charge >= 0.3 is 12.4 Å². The molecule has 1 amide bonds. The van der Waals surface area contributed by atoms with Crippen LogP contribution < -0.4 is 5.32 Å². The molecule has 0 atom stereocenters. The Hall–Kier alpha value is -2.51. The summed E-state index contributed by atoms with van der Waals surface area (Å²) in [5.74, 6) is -1.05. The maximum absolute atomic E-state index is 12.8. The molecule has 0 aliphatic heterocycles. The number of hydrogen-bond donors (Lipinski definition) is 1. The van der Waals surface area contributed by atoms with E-state index in [1.54, 1.807) is 12.1 Å². The Morgan fingerprint density at radius 1 is 0.880 bits per heavy atom. The van der Waals surface area contributed by atoms with Crippen molar-refractivity contribution in [3.63, 3.8) is 0 Å². The number of alkyl halides is 6. The fraction of sp³-hybridized carbons (Fsp3) is 0.235. The van der Waals surface area contributed by atoms with E-state index in [-0.39, 0.29) is 11.8 Å². The number of hydrogen-bond acceptors (Lipinski definition) is 1. The second-order valence-corrected chi connectivity index (χ2v) is 5.30. The predicted octanol–water partition coefficient (Wildman–Crippen LogP) is 5.54. The molecule has 0 radical (unpaired) electrons. The quantitative estimate of drug-likeness (QED) is 0.715. The van der Waals surface area contributed by atoms with Gasteiger partial charge in [0.2, 0.25) is 0 Å². The second-order valence-electron chi connectivity index (χ2n) is 5.30. The first-order chi connectivity index (χ1) is 11.5. The van der Waals surface area contributed by atoms with Crippen molar-refractivity contribution in [3.8, 4) is 0 Å². The maximum atomic E-state index is 12.8. The summed E-state index contributed by atoms with van der Waals surface area (Å²) in [6, 6.07) is 7.21. The van der Waals surface area contributed by atoms with Gasteiger partial charge in [0.25, 0.3) is 5.91 Å². The highest BCUT2D eigenvalue weighted by atomic mass is 19.4. The highest BCUT2D eigenvalue weighted by molar-refractivity contribution is 6.04. The van der Waals surface area contributed by atoms with E-state index >= 15 is 0 Å². The molecular weight excluding hydrogens is 348 g/mol. The van der Waals surface area contributed by atoms with Gasteiger partial charge in [-0.3, -0.25) is 4.79 Å². The summed E-state index contributed by atoms with van der Waals surface area (Å²) < 4.78 is 76.9. The van der Waals surface area contributed by atoms with Crippen molar-refractivity contribution >= 4 is 11.6 Å². The van der Waals surface area contributed by atoms with Crippen LogP contribution in [0.5, 0.6) is 0 Å². The van der Waals surface area contributed by atoms with Crippen molar-refractivity contribution < 1.29 is 31.1 Å². The first-order valence-corrected chi connectivity index (χ1v) is 7.20. The van der Waals surface area contributed by atoms with Gasteiger partial charge in [-0.2, -0.15) is 26.3 Å². The average Bonchev–Trinajstić information content (AvgIpc) is 2.53. The molecule has 0 unspecified atom stereocenters. The molecule has 0 aliphatic carbocycles. The normalized spacial score (nSPS) is 12.1. The molecule has 0 aliphatic rings. The van der Waals surface area contributed by atoms with Gasteiger partial charge in [-0.1, -0.05) is 19.1 Å². The maximum Gasteiger partial charge on any atom is 0.416 e. The smallest absolute Gasteiger partial charge is 0.322 e. The van der Waals surface area contributed by atoms with Gasteiger partial charge in [-0.15, -0.1) is 0 Å². The van der Waals surface area contributed by atoms with Gasteiger partial charge in [0.1, 0.15) is 0 Å². The van der Waals surface area contributed by atoms with Gasteiger partial charge in [0, 0.05) is 11.3 Å². The standard InChI is InChI=1S/C17H13F6NO/c1-2-10-3-5-14(6-4-10)24-15(25)11-7-12(16(18,19)20)9-13(8-11)17(21,22)23/h3-9H,2H2,1H3,(H,24,25). The number of halogens is 6. The molecule has 2 rings (SSSR count). The number of nitrogens with one attached hydrogen (secondary N) is 1. The average molecular weight is 361 g/mol. The number of anilines is 1. The second kappa shape index (κ2) is 6.78. The fourth-order valence-corrected chi connectivity index (χ4v) is 2.11. The Kier molecular flexibility index (Phi) is 5.10. The van der Waals surface area contributed by atoms with Gasteiger partial charge in [0.15, 0.2) is 0 Å². The van der Waals surface area contributed by atoms with Gasteiger partial charge in [0.05, 0.1) is 11.1 Å². The Bertz CT molecular complexity index is 730. The van der Waals surface area contributed by atoms with Crippen LogP contribution in [-0.4, -0.2) is 5.91 Å². The van der Waals surface area contributed by atoms with Crippen LogP contribution >= 0.6 is 0 Å². The van der Waals surface area contributed by atoms with E-state index in [1.165, 1.54) is 12.1 Å². The van der Waals surface area contributed by atoms with E-state index in [1.807, 2.05) is 6.92 Å². The first-order valence-electron chi connectivity index (χ1n) is 7.20. The lowest BCUT2D eigenvalue weighted by Gasteiger charge is -2.14. The third-order valence-corrected chi connectivity index (χ3v) is 3.47. The number of amides is 1. The summed E-state index contributed by atoms with van der Waals surface area (Å²) >= 11 is 0. The van der Waals surface area contributed by atoms with Crippen LogP contribution in [0, 0.1) is 0 Å². The molecule has 134 valence electrons. The molecule has 0 saturated heterocycles. The van der Waals surface area contributed by atoms with E-state index in [0.29, 0.717) is 12.1 Å². The van der Waals surface area contributed by atoms with Crippen LogP contribution in [0.25, 0.3) is 0 Å². The highest BCUT2D eigenvalue weighted by Gasteiger charge is 2.37. The molecule has 0 heterocycles. The largest absolute Gasteiger partial charge is 0.416 e. The van der Waals surface area contributed by atoms with Crippen molar-refractivity contribution in [2.75, 3.05) is 5.32 Å². The molecule has 8 heteroatoms. The van der Waals surface area contributed by atoms with Crippen LogP contribution in [-0.2, 0) is 18.8 Å². The summed E-state index contributed by atoms with van der Waals surface area (Å²) in [6.07, 6.45) is -9.26. The van der Waals surface area contributed by atoms with E-state index in [4.69, 9.17) is 0 Å². The minimum absolute atomic E-state index is 0.0210. The number of rotatable bonds is 3. The summed E-state index contributed by atoms with van der Waals surface area (Å²) in [6.45, 7) is 1.91. The van der Waals surface area contributed by atoms with Gasteiger partial charge in [-0.05, 0) is 42.3 Å². The Labute approximate surface area is 139 Å². The van der Waals surface area contributed by atoms with Crippen LogP contribution in [0.3, 0.4) is 0 Å². The summed E-state index contributed by atoms with van der Waals surface area (Å²) in [5, 5.41) is 2.29. The van der Waals surface area contributed by atoms with E-state index in [9.17, 15) is 31.1 Å². The number of benzene rings is 2. The summed E-state index contributed by atoms with van der Waals surface area (Å²) in [5.41, 5.74) is -2.55. The number of aryl methyl sites for hydroxylation is 1. The molecule has 25 heavy (non-hydrogen) atoms. The van der Waals surface area contributed by atoms with Crippen molar-refractivity contribution in [1.29, 1.82) is 0 Å². The number of carbonyl (C=O) groups is 1. The zero-order valence-electron chi connectivity index (χ0n) is 12.9. The molecule has 2 aromatic rings. The predicted molar refractivity (Wildman–Crippen MR) is 80.2 cm³/mol. The Morgan fingerprint density at radius 3 is 1.76 bits per heavy atom. The van der Waals surface area contributed by atoms with Gasteiger partial charge < -0.3 is 5.32 Å². The highest BCUT2D eigenvalue weighted by Crippen LogP contribution is 2.36. The zero-order chi connectivity index (χ0) is 18.8. The van der Waals surface area contributed by atoms with Crippen molar-refractivity contribution in [3.05, 3.63) is 64.7 Å². The lowest BCUT2D eigenvalue weighted by Crippen LogP contribution is -2.17. The third kappa shape index (κ3) is 4.74. The topological polar surface area (TPSA) is 29.1 Å². The molecule has 0 aromatic heterocycles. The van der Waals surface area contributed by atoms with Crippen LogP contribution in [0.1, 0.15) is 34.0 Å². The Balaban J connectivity index is 2.37. The summed E-state index contributed by atoms with van der Waals surface area (Å²) in [4.78, 5) is 12.1. The van der Waals surface area contributed by atoms with Gasteiger partial charge in [-0.25, -0.2) is 0 Å². The minimum atomic E-state index is -5.00. The SMILES string of the molecule is CCc1ccc(NC(=O)c2cc(C(F)(F)F)cc(C(F)(F)F)c2)cc1. The monoisotopic (exact) mass is 361 g/mol. The van der Waals surface area contributed by atoms with Crippen molar-refractivity contribution in [1.82, 2.24) is 0 Å². The lowest BCUT2D eigenvalue weighted by molar-refractivity contribution is -0.143. The first kappa shape index (κ1) is 18.8. The van der Waals surface area contributed by atoms with Crippen LogP contribution in [0.15, 0.2) is 42.5 Å². The lowest BCUT2D eigenvalue weighted by atomic mass is 10.0. The van der Waals surface area contributed by atoms with E-state index in [2.05, 4.69) is 5.32 Å². The minimum Gasteiger partial charge on any atom is -0.322 e. The molecule has 0 saturated carbocycles. The van der Waals surface area contributed by atoms with Crippen molar-refractivity contribution in [2.24, 2.45) is 0 Å². The summed E-state index contributed by atoms with van der Waals surface area (Å²) in [7, 11) is 0. The molecule has 0 spiro atoms. The molecule has 1 N–H and O–H groups in total. The molecule has 2 nitrogen and oxygen atoms in total. The van der Waals surface area contributed by atoms with E-state index < -0.39 is 35.0 Å². The van der Waals surface area contributed by atoms with E-state index in [0.717, 1.165) is 12.0 Å². The van der Waals surface area contributed by atoms with Crippen LogP contribution in [0.4, 0.5) is 32.0 Å². The van der Waals surface area contributed by atoms with Crippen molar-refractivity contribution in [2.45, 2.75) is 25.7 Å². The molecular formula is C17H13F6NO. The number of carbonyl (C=O) groups excluding carboxylic acids is 1. The molecule has 0 bridgehead atoms. The zero-order valence-corrected chi connectivity index (χ0v) is 12.9. The molecule has 0 fully saturated rings. The third-order valence-electron chi connectivity index (χ3n) is 3.47. The molecule has 2 aromatic carbocycles. The fourth-order valence-electron chi connectivity index (χ4n) is 2.11. The van der Waals surface area contributed by atoms with Crippen LogP contribution in [0.2, 0.25) is 0 Å².